The molecule has 2 aromatic carbocycles. The summed E-state index contributed by atoms with van der Waals surface area (Å²) in [7, 11) is 3.12. The molecule has 238 valence electrons. The molecule has 0 spiro atoms. The number of anilines is 2. The maximum Gasteiger partial charge on any atom is 0.257 e. The summed E-state index contributed by atoms with van der Waals surface area (Å²) in [5, 5.41) is 5.83. The average molecular weight is 629 g/mol. The van der Waals surface area contributed by atoms with Crippen LogP contribution in [0.5, 0.6) is 0 Å². The number of benzene rings is 2. The summed E-state index contributed by atoms with van der Waals surface area (Å²) in [6.45, 7) is 7.87. The summed E-state index contributed by atoms with van der Waals surface area (Å²) in [4.78, 5) is 20.3. The van der Waals surface area contributed by atoms with E-state index in [1.54, 1.807) is 69.7 Å². The normalized spacial score (nSPS) is 10.7. The van der Waals surface area contributed by atoms with E-state index in [9.17, 15) is 18.0 Å². The molecule has 0 saturated heterocycles. The van der Waals surface area contributed by atoms with Gasteiger partial charge in [0.25, 0.3) is 5.91 Å². The van der Waals surface area contributed by atoms with Crippen LogP contribution in [0, 0.1) is 41.1 Å². The van der Waals surface area contributed by atoms with Crippen LogP contribution in [0.3, 0.4) is 0 Å². The Morgan fingerprint density at radius 1 is 0.739 bits per heavy atom. The number of nitrogens with zero attached hydrogens (tertiary/aromatic N) is 2. The van der Waals surface area contributed by atoms with Crippen LogP contribution >= 0.6 is 0 Å². The molecular weight excluding hydrogens is 593 g/mol. The Hall–Kier alpha value is -5.16. The summed E-state index contributed by atoms with van der Waals surface area (Å²) in [6.07, 6.45) is 3.12. The largest absolute Gasteiger partial charge is 0.377 e. The number of ether oxygens (including phenoxy) is 2. The van der Waals surface area contributed by atoms with Crippen LogP contribution in [-0.2, 0) is 14.3 Å². The third-order valence-corrected chi connectivity index (χ3v) is 6.52. The number of carbonyl (C=O) groups excluding carboxylic acids is 1. The second-order valence-electron chi connectivity index (χ2n) is 11.0. The van der Waals surface area contributed by atoms with Gasteiger partial charge in [0.1, 0.15) is 34.7 Å². The number of amides is 1. The highest BCUT2D eigenvalue weighted by atomic mass is 19.1. The van der Waals surface area contributed by atoms with Gasteiger partial charge in [0.15, 0.2) is 0 Å². The Kier molecular flexibility index (Phi) is 12.5. The van der Waals surface area contributed by atoms with Crippen molar-refractivity contribution in [2.75, 3.05) is 31.4 Å². The Balaban J connectivity index is 0.000000250. The second-order valence-corrected chi connectivity index (χ2v) is 11.0. The minimum Gasteiger partial charge on any atom is -0.377 e. The number of hydrogen-bond donors (Lipinski definition) is 2. The van der Waals surface area contributed by atoms with E-state index in [-0.39, 0.29) is 22.9 Å². The lowest BCUT2D eigenvalue weighted by atomic mass is 10.1. The SMILES string of the molecule is COC(C)(C)C(=O)Nc1ccc(C#Cc2cccc(F)c2)cn1.COC(C)(C)CNc1ccc(C#Cc2cc(F)ccc2F)cn1. The van der Waals surface area contributed by atoms with E-state index < -0.39 is 17.2 Å². The lowest BCUT2D eigenvalue weighted by molar-refractivity contribution is -0.133. The lowest BCUT2D eigenvalue weighted by Crippen LogP contribution is -2.39. The van der Waals surface area contributed by atoms with Crippen LogP contribution in [-0.4, -0.2) is 47.8 Å². The van der Waals surface area contributed by atoms with Gasteiger partial charge in [0, 0.05) is 49.8 Å². The van der Waals surface area contributed by atoms with Crippen molar-refractivity contribution < 1.29 is 27.4 Å². The van der Waals surface area contributed by atoms with Gasteiger partial charge in [-0.2, -0.15) is 0 Å². The van der Waals surface area contributed by atoms with Gasteiger partial charge < -0.3 is 20.1 Å². The highest BCUT2D eigenvalue weighted by Gasteiger charge is 2.27. The van der Waals surface area contributed by atoms with Crippen molar-refractivity contribution in [2.45, 2.75) is 38.9 Å². The molecule has 0 radical (unpaired) electrons. The molecular formula is C36H35F3N4O3. The van der Waals surface area contributed by atoms with Gasteiger partial charge in [0.2, 0.25) is 0 Å². The Morgan fingerprint density at radius 3 is 1.93 bits per heavy atom. The fourth-order valence-electron chi connectivity index (χ4n) is 3.29. The zero-order valence-electron chi connectivity index (χ0n) is 26.5. The molecule has 2 N–H and O–H groups in total. The molecule has 4 aromatic rings. The van der Waals surface area contributed by atoms with Crippen molar-refractivity contribution in [2.24, 2.45) is 0 Å². The van der Waals surface area contributed by atoms with E-state index in [2.05, 4.69) is 44.3 Å². The molecule has 1 amide bonds. The first kappa shape index (κ1) is 35.3. The fourth-order valence-corrected chi connectivity index (χ4v) is 3.29. The van der Waals surface area contributed by atoms with Gasteiger partial charge in [-0.25, -0.2) is 23.1 Å². The van der Waals surface area contributed by atoms with Crippen molar-refractivity contribution in [1.82, 2.24) is 9.97 Å². The second kappa shape index (κ2) is 16.2. The topological polar surface area (TPSA) is 85.4 Å². The third-order valence-electron chi connectivity index (χ3n) is 6.52. The summed E-state index contributed by atoms with van der Waals surface area (Å²) in [5.41, 5.74) is 0.661. The molecule has 7 nitrogen and oxygen atoms in total. The number of rotatable bonds is 7. The predicted octanol–water partition coefficient (Wildman–Crippen LogP) is 6.58. The first-order valence-electron chi connectivity index (χ1n) is 14.1. The molecule has 10 heteroatoms. The minimum absolute atomic E-state index is 0.0223. The lowest BCUT2D eigenvalue weighted by Gasteiger charge is -2.23. The van der Waals surface area contributed by atoms with Crippen LogP contribution < -0.4 is 10.6 Å². The summed E-state index contributed by atoms with van der Waals surface area (Å²) >= 11 is 0. The van der Waals surface area contributed by atoms with Gasteiger partial charge >= 0.3 is 0 Å². The molecule has 0 unspecified atom stereocenters. The number of pyridine rings is 2. The maximum atomic E-state index is 13.5. The number of nitrogens with one attached hydrogen (secondary N) is 2. The molecule has 0 aliphatic heterocycles. The van der Waals surface area contributed by atoms with Crippen molar-refractivity contribution in [3.8, 4) is 23.7 Å². The highest BCUT2D eigenvalue weighted by molar-refractivity contribution is 5.96. The molecule has 2 aromatic heterocycles. The van der Waals surface area contributed by atoms with E-state index >= 15 is 0 Å². The van der Waals surface area contributed by atoms with Crippen LogP contribution in [0.25, 0.3) is 0 Å². The summed E-state index contributed by atoms with van der Waals surface area (Å²) in [5.74, 6) is 10.6. The Labute approximate surface area is 267 Å². The predicted molar refractivity (Wildman–Crippen MR) is 172 cm³/mol. The molecule has 0 aliphatic rings. The third kappa shape index (κ3) is 11.4. The van der Waals surface area contributed by atoms with E-state index in [1.807, 2.05) is 13.8 Å². The quantitative estimate of drug-likeness (QED) is 0.225. The smallest absolute Gasteiger partial charge is 0.257 e. The van der Waals surface area contributed by atoms with E-state index in [0.717, 1.165) is 18.2 Å². The van der Waals surface area contributed by atoms with E-state index in [4.69, 9.17) is 9.47 Å². The molecule has 4 rings (SSSR count). The molecule has 0 fully saturated rings. The average Bonchev–Trinajstić information content (AvgIpc) is 3.04. The van der Waals surface area contributed by atoms with Crippen LogP contribution in [0.2, 0.25) is 0 Å². The standard InChI is InChI=1S/C18H18F2N2O.C18H17FN2O2/c1-18(2,23-3)12-22-17-9-5-13(11-21-17)4-6-14-10-15(19)7-8-16(14)20;1-18(2,23-3)17(22)21-16-10-9-14(12-20-16)8-7-13-5-4-6-15(19)11-13/h5,7-11H,12H2,1-3H3,(H,21,22);4-6,9-12H,1-3H3,(H,20,21,22). The van der Waals surface area contributed by atoms with Crippen molar-refractivity contribution in [1.29, 1.82) is 0 Å². The van der Waals surface area contributed by atoms with Crippen molar-refractivity contribution in [3.05, 3.63) is 119 Å². The molecule has 0 atom stereocenters. The minimum atomic E-state index is -0.933. The summed E-state index contributed by atoms with van der Waals surface area (Å²) < 4.78 is 50.0. The van der Waals surface area contributed by atoms with E-state index in [1.165, 1.54) is 19.2 Å². The first-order chi connectivity index (χ1) is 21.8. The zero-order valence-corrected chi connectivity index (χ0v) is 26.5. The van der Waals surface area contributed by atoms with Gasteiger partial charge in [-0.15, -0.1) is 0 Å². The fraction of sp³-hybridized carbons (Fsp3) is 0.250. The number of halogens is 3. The molecule has 46 heavy (non-hydrogen) atoms. The monoisotopic (exact) mass is 628 g/mol. The summed E-state index contributed by atoms with van der Waals surface area (Å²) in [6, 6.07) is 16.2. The Bertz CT molecular complexity index is 1750. The number of carbonyl (C=O) groups is 1. The Morgan fingerprint density at radius 2 is 1.35 bits per heavy atom. The first-order valence-corrected chi connectivity index (χ1v) is 14.1. The highest BCUT2D eigenvalue weighted by Crippen LogP contribution is 2.13. The van der Waals surface area contributed by atoms with Crippen molar-refractivity contribution in [3.63, 3.8) is 0 Å². The zero-order chi connectivity index (χ0) is 33.7. The van der Waals surface area contributed by atoms with Gasteiger partial charge in [-0.05, 0) is 88.4 Å². The molecule has 0 aliphatic carbocycles. The number of methoxy groups -OCH3 is 2. The molecule has 0 saturated carbocycles. The number of aromatic nitrogens is 2. The van der Waals surface area contributed by atoms with Gasteiger partial charge in [-0.1, -0.05) is 29.7 Å². The molecule has 0 bridgehead atoms. The van der Waals surface area contributed by atoms with Gasteiger partial charge in [-0.3, -0.25) is 4.79 Å². The van der Waals surface area contributed by atoms with Crippen LogP contribution in [0.15, 0.2) is 79.1 Å². The molecule has 2 heterocycles. The van der Waals surface area contributed by atoms with Gasteiger partial charge in [0.05, 0.1) is 11.2 Å². The maximum absolute atomic E-state index is 13.5. The van der Waals surface area contributed by atoms with Crippen LogP contribution in [0.4, 0.5) is 24.8 Å². The number of hydrogen-bond acceptors (Lipinski definition) is 6. The van der Waals surface area contributed by atoms with Crippen LogP contribution in [0.1, 0.15) is 49.9 Å². The van der Waals surface area contributed by atoms with Crippen molar-refractivity contribution >= 4 is 17.5 Å². The van der Waals surface area contributed by atoms with E-state index in [0.29, 0.717) is 34.9 Å².